The average Bonchev–Trinajstić information content (AvgIpc) is 2.55. The standard InChI is InChI=1S/C18H20N2O3/c1-13-7-6-9-16(11-13)20-18(21)14(2)23-19-12-15-8-4-5-10-17(15)22-3/h4-12,14H,1-3H3,(H,20,21)/b19-12-/t14-/m1/s1. The third-order valence-corrected chi connectivity index (χ3v) is 3.20. The number of hydrogen-bond acceptors (Lipinski definition) is 4. The number of rotatable bonds is 6. The summed E-state index contributed by atoms with van der Waals surface area (Å²) in [6.45, 7) is 3.61. The van der Waals surface area contributed by atoms with Crippen LogP contribution in [0.15, 0.2) is 53.7 Å². The van der Waals surface area contributed by atoms with Gasteiger partial charge in [0.15, 0.2) is 0 Å². The molecule has 23 heavy (non-hydrogen) atoms. The van der Waals surface area contributed by atoms with Crippen molar-refractivity contribution in [2.75, 3.05) is 12.4 Å². The van der Waals surface area contributed by atoms with E-state index in [1.165, 1.54) is 6.21 Å². The van der Waals surface area contributed by atoms with Gasteiger partial charge in [-0.3, -0.25) is 4.79 Å². The fourth-order valence-corrected chi connectivity index (χ4v) is 1.97. The van der Waals surface area contributed by atoms with Crippen molar-refractivity contribution < 1.29 is 14.4 Å². The number of amides is 1. The number of para-hydroxylation sites is 1. The highest BCUT2D eigenvalue weighted by Crippen LogP contribution is 2.15. The zero-order valence-corrected chi connectivity index (χ0v) is 13.4. The lowest BCUT2D eigenvalue weighted by Gasteiger charge is -2.11. The molecule has 0 aromatic heterocycles. The summed E-state index contributed by atoms with van der Waals surface area (Å²) in [5.74, 6) is 0.435. The summed E-state index contributed by atoms with van der Waals surface area (Å²) in [5.41, 5.74) is 2.59. The van der Waals surface area contributed by atoms with Crippen LogP contribution in [0.1, 0.15) is 18.1 Å². The Morgan fingerprint density at radius 2 is 2.00 bits per heavy atom. The molecule has 1 amide bonds. The molecule has 0 bridgehead atoms. The quantitative estimate of drug-likeness (QED) is 0.657. The molecule has 0 aliphatic carbocycles. The van der Waals surface area contributed by atoms with Gasteiger partial charge in [-0.25, -0.2) is 0 Å². The van der Waals surface area contributed by atoms with Crippen LogP contribution >= 0.6 is 0 Å². The second-order valence-electron chi connectivity index (χ2n) is 5.08. The Bertz CT molecular complexity index is 698. The molecule has 2 aromatic carbocycles. The van der Waals surface area contributed by atoms with Crippen molar-refractivity contribution in [2.45, 2.75) is 20.0 Å². The molecule has 0 radical (unpaired) electrons. The van der Waals surface area contributed by atoms with E-state index < -0.39 is 6.10 Å². The van der Waals surface area contributed by atoms with Crippen LogP contribution in [-0.2, 0) is 9.63 Å². The highest BCUT2D eigenvalue weighted by atomic mass is 16.6. The van der Waals surface area contributed by atoms with Crippen LogP contribution in [0.5, 0.6) is 5.75 Å². The fraction of sp³-hybridized carbons (Fsp3) is 0.222. The van der Waals surface area contributed by atoms with E-state index in [0.29, 0.717) is 5.75 Å². The van der Waals surface area contributed by atoms with Crippen LogP contribution in [0.25, 0.3) is 0 Å². The van der Waals surface area contributed by atoms with Gasteiger partial charge in [0.2, 0.25) is 6.10 Å². The average molecular weight is 312 g/mol. The molecule has 0 unspecified atom stereocenters. The van der Waals surface area contributed by atoms with E-state index in [0.717, 1.165) is 16.8 Å². The molecule has 0 aliphatic heterocycles. The zero-order valence-electron chi connectivity index (χ0n) is 13.4. The third kappa shape index (κ3) is 4.85. The summed E-state index contributed by atoms with van der Waals surface area (Å²) in [7, 11) is 1.59. The zero-order chi connectivity index (χ0) is 16.7. The number of carbonyl (C=O) groups is 1. The molecule has 1 atom stereocenters. The molecular weight excluding hydrogens is 292 g/mol. The second-order valence-corrected chi connectivity index (χ2v) is 5.08. The number of hydrogen-bond donors (Lipinski definition) is 1. The highest BCUT2D eigenvalue weighted by Gasteiger charge is 2.14. The molecule has 0 spiro atoms. The minimum Gasteiger partial charge on any atom is -0.496 e. The number of anilines is 1. The molecule has 0 aliphatic rings. The molecule has 0 heterocycles. The summed E-state index contributed by atoms with van der Waals surface area (Å²) < 4.78 is 5.21. The van der Waals surface area contributed by atoms with E-state index in [9.17, 15) is 4.79 Å². The molecule has 1 N–H and O–H groups in total. The minimum atomic E-state index is -0.707. The van der Waals surface area contributed by atoms with Gasteiger partial charge in [-0.1, -0.05) is 29.4 Å². The number of methoxy groups -OCH3 is 1. The predicted molar refractivity (Wildman–Crippen MR) is 90.9 cm³/mol. The number of oxime groups is 1. The van der Waals surface area contributed by atoms with Gasteiger partial charge in [-0.2, -0.15) is 0 Å². The Morgan fingerprint density at radius 3 is 2.74 bits per heavy atom. The van der Waals surface area contributed by atoms with Gasteiger partial charge in [0.05, 0.1) is 13.3 Å². The van der Waals surface area contributed by atoms with Crippen LogP contribution in [0.3, 0.4) is 0 Å². The topological polar surface area (TPSA) is 59.9 Å². The lowest BCUT2D eigenvalue weighted by molar-refractivity contribution is -0.126. The largest absolute Gasteiger partial charge is 0.496 e. The summed E-state index contributed by atoms with van der Waals surface area (Å²) in [4.78, 5) is 17.3. The SMILES string of the molecule is COc1ccccc1/C=N\O[C@H](C)C(=O)Nc1cccc(C)c1. The molecule has 0 saturated carbocycles. The van der Waals surface area contributed by atoms with Gasteiger partial charge >= 0.3 is 0 Å². The number of carbonyl (C=O) groups excluding carboxylic acids is 1. The van der Waals surface area contributed by atoms with E-state index in [4.69, 9.17) is 9.57 Å². The van der Waals surface area contributed by atoms with Crippen molar-refractivity contribution in [2.24, 2.45) is 5.16 Å². The number of ether oxygens (including phenoxy) is 1. The fourth-order valence-electron chi connectivity index (χ4n) is 1.97. The molecule has 0 saturated heterocycles. The highest BCUT2D eigenvalue weighted by molar-refractivity contribution is 5.94. The van der Waals surface area contributed by atoms with Crippen molar-refractivity contribution >= 4 is 17.8 Å². The first-order valence-corrected chi connectivity index (χ1v) is 7.30. The number of nitrogens with zero attached hydrogens (tertiary/aromatic N) is 1. The number of nitrogens with one attached hydrogen (secondary N) is 1. The first-order chi connectivity index (χ1) is 11.1. The van der Waals surface area contributed by atoms with E-state index >= 15 is 0 Å². The van der Waals surface area contributed by atoms with Crippen LogP contribution in [-0.4, -0.2) is 25.3 Å². The van der Waals surface area contributed by atoms with Crippen molar-refractivity contribution in [3.05, 3.63) is 59.7 Å². The van der Waals surface area contributed by atoms with Crippen LogP contribution in [0.4, 0.5) is 5.69 Å². The minimum absolute atomic E-state index is 0.257. The molecule has 2 aromatic rings. The number of aryl methyl sites for hydroxylation is 1. The molecule has 5 nitrogen and oxygen atoms in total. The summed E-state index contributed by atoms with van der Waals surface area (Å²) >= 11 is 0. The Labute approximate surface area is 135 Å². The Balaban J connectivity index is 1.92. The van der Waals surface area contributed by atoms with Crippen LogP contribution < -0.4 is 10.1 Å². The lowest BCUT2D eigenvalue weighted by atomic mass is 10.2. The molecule has 2 rings (SSSR count). The van der Waals surface area contributed by atoms with Crippen molar-refractivity contribution in [1.82, 2.24) is 0 Å². The summed E-state index contributed by atoms with van der Waals surface area (Å²) in [6.07, 6.45) is 0.816. The normalized spacial score (nSPS) is 12.0. The number of benzene rings is 2. The maximum atomic E-state index is 12.1. The van der Waals surface area contributed by atoms with Crippen molar-refractivity contribution in [1.29, 1.82) is 0 Å². The first kappa shape index (κ1) is 16.5. The van der Waals surface area contributed by atoms with Crippen LogP contribution in [0.2, 0.25) is 0 Å². The van der Waals surface area contributed by atoms with E-state index in [1.54, 1.807) is 14.0 Å². The van der Waals surface area contributed by atoms with Crippen molar-refractivity contribution in [3.8, 4) is 5.75 Å². The summed E-state index contributed by atoms with van der Waals surface area (Å²) in [6, 6.07) is 15.0. The van der Waals surface area contributed by atoms with E-state index in [1.807, 2.05) is 55.5 Å². The summed E-state index contributed by atoms with van der Waals surface area (Å²) in [5, 5.41) is 6.66. The Kier molecular flexibility index (Phi) is 5.74. The van der Waals surface area contributed by atoms with E-state index in [-0.39, 0.29) is 5.91 Å². The monoisotopic (exact) mass is 312 g/mol. The molecule has 0 fully saturated rings. The van der Waals surface area contributed by atoms with E-state index in [2.05, 4.69) is 10.5 Å². The second kappa shape index (κ2) is 7.98. The van der Waals surface area contributed by atoms with Gasteiger partial charge in [0, 0.05) is 11.3 Å². The van der Waals surface area contributed by atoms with Gasteiger partial charge in [-0.15, -0.1) is 0 Å². The third-order valence-electron chi connectivity index (χ3n) is 3.20. The van der Waals surface area contributed by atoms with Crippen molar-refractivity contribution in [3.63, 3.8) is 0 Å². The predicted octanol–water partition coefficient (Wildman–Crippen LogP) is 3.38. The Hall–Kier alpha value is -2.82. The molecular formula is C18H20N2O3. The maximum absolute atomic E-state index is 12.1. The smallest absolute Gasteiger partial charge is 0.267 e. The van der Waals surface area contributed by atoms with Gasteiger partial charge < -0.3 is 14.9 Å². The van der Waals surface area contributed by atoms with Crippen LogP contribution in [0, 0.1) is 6.92 Å². The lowest BCUT2D eigenvalue weighted by Crippen LogP contribution is -2.26. The maximum Gasteiger partial charge on any atom is 0.267 e. The molecule has 120 valence electrons. The van der Waals surface area contributed by atoms with Gasteiger partial charge in [-0.05, 0) is 43.7 Å². The first-order valence-electron chi connectivity index (χ1n) is 7.30. The molecule has 5 heteroatoms. The van der Waals surface area contributed by atoms with Gasteiger partial charge in [0.25, 0.3) is 5.91 Å². The Morgan fingerprint density at radius 1 is 1.22 bits per heavy atom. The van der Waals surface area contributed by atoms with Gasteiger partial charge in [0.1, 0.15) is 5.75 Å².